The normalized spacial score (nSPS) is 16.9. The van der Waals surface area contributed by atoms with E-state index in [9.17, 15) is 4.79 Å². The quantitative estimate of drug-likeness (QED) is 0.927. The van der Waals surface area contributed by atoms with Crippen molar-refractivity contribution >= 4 is 5.91 Å². The molecule has 1 amide bonds. The van der Waals surface area contributed by atoms with E-state index in [2.05, 4.69) is 30.2 Å². The van der Waals surface area contributed by atoms with E-state index in [0.29, 0.717) is 6.54 Å². The highest BCUT2D eigenvalue weighted by molar-refractivity contribution is 5.78. The van der Waals surface area contributed by atoms with Gasteiger partial charge >= 0.3 is 0 Å². The molecule has 1 saturated heterocycles. The van der Waals surface area contributed by atoms with E-state index >= 15 is 0 Å². The second-order valence-corrected chi connectivity index (χ2v) is 6.12. The summed E-state index contributed by atoms with van der Waals surface area (Å²) in [5.74, 6) is 0.219. The van der Waals surface area contributed by atoms with Gasteiger partial charge in [0.1, 0.15) is 0 Å². The number of carbonyl (C=O) groups is 1. The molecular formula is C17H27N3O. The van der Waals surface area contributed by atoms with Gasteiger partial charge in [-0.25, -0.2) is 0 Å². The van der Waals surface area contributed by atoms with Crippen molar-refractivity contribution in [3.8, 4) is 0 Å². The van der Waals surface area contributed by atoms with E-state index in [1.807, 2.05) is 18.7 Å². The molecule has 0 saturated carbocycles. The molecule has 2 rings (SSSR count). The predicted octanol–water partition coefficient (Wildman–Crippen LogP) is 2.67. The summed E-state index contributed by atoms with van der Waals surface area (Å²) < 4.78 is 0. The third kappa shape index (κ3) is 4.03. The summed E-state index contributed by atoms with van der Waals surface area (Å²) in [4.78, 5) is 18.7. The number of nitrogens with one attached hydrogen (secondary N) is 1. The molecule has 0 aromatic carbocycles. The smallest absolute Gasteiger partial charge is 0.236 e. The van der Waals surface area contributed by atoms with E-state index in [-0.39, 0.29) is 11.9 Å². The molecule has 21 heavy (non-hydrogen) atoms. The molecule has 1 aliphatic heterocycles. The van der Waals surface area contributed by atoms with Crippen LogP contribution in [0.2, 0.25) is 0 Å². The van der Waals surface area contributed by atoms with Crippen molar-refractivity contribution in [2.75, 3.05) is 19.6 Å². The third-order valence-corrected chi connectivity index (χ3v) is 4.29. The van der Waals surface area contributed by atoms with Crippen molar-refractivity contribution in [2.24, 2.45) is 0 Å². The lowest BCUT2D eigenvalue weighted by Crippen LogP contribution is -2.41. The molecule has 1 aromatic heterocycles. The molecule has 0 spiro atoms. The Labute approximate surface area is 127 Å². The number of hydrogen-bond donors (Lipinski definition) is 1. The van der Waals surface area contributed by atoms with Crippen LogP contribution in [-0.4, -0.2) is 35.4 Å². The minimum atomic E-state index is 0.145. The lowest BCUT2D eigenvalue weighted by Gasteiger charge is -2.27. The Hall–Kier alpha value is -1.42. The minimum absolute atomic E-state index is 0.145. The number of likely N-dealkylation sites (tertiary alicyclic amines) is 1. The van der Waals surface area contributed by atoms with Gasteiger partial charge in [0, 0.05) is 30.5 Å². The lowest BCUT2D eigenvalue weighted by molar-refractivity contribution is -0.131. The van der Waals surface area contributed by atoms with Gasteiger partial charge in [0.15, 0.2) is 0 Å². The number of amides is 1. The number of hydrogen-bond acceptors (Lipinski definition) is 3. The molecule has 0 bridgehead atoms. The van der Waals surface area contributed by atoms with Crippen molar-refractivity contribution in [2.45, 2.75) is 53.0 Å². The maximum Gasteiger partial charge on any atom is 0.236 e. The molecule has 1 aromatic rings. The molecule has 1 fully saturated rings. The van der Waals surface area contributed by atoms with Crippen molar-refractivity contribution in [3.63, 3.8) is 0 Å². The Bertz CT molecular complexity index is 484. The molecular weight excluding hydrogens is 262 g/mol. The summed E-state index contributed by atoms with van der Waals surface area (Å²) >= 11 is 0. The first-order valence-corrected chi connectivity index (χ1v) is 7.95. The van der Waals surface area contributed by atoms with E-state index < -0.39 is 0 Å². The van der Waals surface area contributed by atoms with Crippen LogP contribution >= 0.6 is 0 Å². The second-order valence-electron chi connectivity index (χ2n) is 6.12. The van der Waals surface area contributed by atoms with Crippen LogP contribution in [-0.2, 0) is 4.79 Å². The molecule has 1 N–H and O–H groups in total. The van der Waals surface area contributed by atoms with Crippen molar-refractivity contribution in [3.05, 3.63) is 28.6 Å². The van der Waals surface area contributed by atoms with Crippen LogP contribution in [0.4, 0.5) is 0 Å². The van der Waals surface area contributed by atoms with Gasteiger partial charge in [0.2, 0.25) is 5.91 Å². The zero-order valence-electron chi connectivity index (χ0n) is 13.7. The van der Waals surface area contributed by atoms with Gasteiger partial charge in [-0.15, -0.1) is 0 Å². The van der Waals surface area contributed by atoms with Gasteiger partial charge in [-0.3, -0.25) is 9.78 Å². The highest BCUT2D eigenvalue weighted by atomic mass is 16.2. The largest absolute Gasteiger partial charge is 0.342 e. The van der Waals surface area contributed by atoms with Crippen LogP contribution in [0.5, 0.6) is 0 Å². The summed E-state index contributed by atoms with van der Waals surface area (Å²) in [7, 11) is 0. The topological polar surface area (TPSA) is 45.2 Å². The molecule has 4 heteroatoms. The fraction of sp³-hybridized carbons (Fsp3) is 0.647. The number of aryl methyl sites for hydroxylation is 3. The number of nitrogens with zero attached hydrogens (tertiary/aromatic N) is 2. The van der Waals surface area contributed by atoms with Crippen LogP contribution < -0.4 is 5.32 Å². The lowest BCUT2D eigenvalue weighted by atomic mass is 10.0. The Morgan fingerprint density at radius 3 is 2.57 bits per heavy atom. The van der Waals surface area contributed by atoms with E-state index in [4.69, 9.17) is 0 Å². The second kappa shape index (κ2) is 7.03. The first-order chi connectivity index (χ1) is 9.99. The molecule has 116 valence electrons. The fourth-order valence-electron chi connectivity index (χ4n) is 3.29. The predicted molar refractivity (Wildman–Crippen MR) is 85.3 cm³/mol. The molecule has 1 unspecified atom stereocenters. The highest BCUT2D eigenvalue weighted by Gasteiger charge is 2.18. The Balaban J connectivity index is 1.95. The molecule has 0 radical (unpaired) electrons. The zero-order chi connectivity index (χ0) is 15.4. The average molecular weight is 289 g/mol. The number of piperidine rings is 1. The van der Waals surface area contributed by atoms with E-state index in [1.54, 1.807) is 0 Å². The number of carbonyl (C=O) groups excluding carboxylic acids is 1. The van der Waals surface area contributed by atoms with Crippen LogP contribution in [0.3, 0.4) is 0 Å². The van der Waals surface area contributed by atoms with Crippen LogP contribution in [0.25, 0.3) is 0 Å². The third-order valence-electron chi connectivity index (χ3n) is 4.29. The monoisotopic (exact) mass is 289 g/mol. The van der Waals surface area contributed by atoms with Crippen molar-refractivity contribution in [1.82, 2.24) is 15.2 Å². The summed E-state index contributed by atoms with van der Waals surface area (Å²) in [5, 5.41) is 3.37. The van der Waals surface area contributed by atoms with Crippen LogP contribution in [0.1, 0.15) is 54.7 Å². The molecule has 4 nitrogen and oxygen atoms in total. The van der Waals surface area contributed by atoms with Crippen molar-refractivity contribution < 1.29 is 4.79 Å². The van der Waals surface area contributed by atoms with Gasteiger partial charge in [-0.05, 0) is 64.2 Å². The standard InChI is InChI=1S/C17H27N3O/c1-12-10-13(2)19-15(4)17(12)14(3)18-11-16(21)20-8-6-5-7-9-20/h10,14,18H,5-9,11H2,1-4H3. The number of aromatic nitrogens is 1. The van der Waals surface area contributed by atoms with Gasteiger partial charge < -0.3 is 10.2 Å². The molecule has 0 aliphatic carbocycles. The Morgan fingerprint density at radius 2 is 1.95 bits per heavy atom. The fourth-order valence-corrected chi connectivity index (χ4v) is 3.29. The van der Waals surface area contributed by atoms with Crippen LogP contribution in [0, 0.1) is 20.8 Å². The summed E-state index contributed by atoms with van der Waals surface area (Å²) in [6.07, 6.45) is 3.53. The molecule has 1 atom stereocenters. The average Bonchev–Trinajstić information content (AvgIpc) is 2.44. The SMILES string of the molecule is Cc1cc(C)c(C(C)NCC(=O)N2CCCCC2)c(C)n1. The van der Waals surface area contributed by atoms with Gasteiger partial charge in [0.05, 0.1) is 6.54 Å². The van der Waals surface area contributed by atoms with Crippen molar-refractivity contribution in [1.29, 1.82) is 0 Å². The summed E-state index contributed by atoms with van der Waals surface area (Å²) in [5.41, 5.74) is 4.56. The maximum absolute atomic E-state index is 12.2. The Morgan fingerprint density at radius 1 is 1.29 bits per heavy atom. The maximum atomic E-state index is 12.2. The van der Waals surface area contributed by atoms with E-state index in [1.165, 1.54) is 17.5 Å². The molecule has 1 aliphatic rings. The Kier molecular flexibility index (Phi) is 5.34. The van der Waals surface area contributed by atoms with Crippen LogP contribution in [0.15, 0.2) is 6.07 Å². The highest BCUT2D eigenvalue weighted by Crippen LogP contribution is 2.21. The number of pyridine rings is 1. The minimum Gasteiger partial charge on any atom is -0.342 e. The summed E-state index contributed by atoms with van der Waals surface area (Å²) in [6.45, 7) is 10.5. The first-order valence-electron chi connectivity index (χ1n) is 7.95. The first kappa shape index (κ1) is 16.0. The van der Waals surface area contributed by atoms with Gasteiger partial charge in [0.25, 0.3) is 0 Å². The van der Waals surface area contributed by atoms with Gasteiger partial charge in [-0.1, -0.05) is 0 Å². The number of rotatable bonds is 4. The zero-order valence-corrected chi connectivity index (χ0v) is 13.7. The van der Waals surface area contributed by atoms with Gasteiger partial charge in [-0.2, -0.15) is 0 Å². The van der Waals surface area contributed by atoms with E-state index in [0.717, 1.165) is 37.3 Å². The molecule has 2 heterocycles. The summed E-state index contributed by atoms with van der Waals surface area (Å²) in [6, 6.07) is 2.25.